The van der Waals surface area contributed by atoms with Gasteiger partial charge in [0.05, 0.1) is 24.6 Å². The fourth-order valence-corrected chi connectivity index (χ4v) is 9.24. The lowest BCUT2D eigenvalue weighted by molar-refractivity contribution is -0.171. The van der Waals surface area contributed by atoms with Gasteiger partial charge in [-0.15, -0.1) is 0 Å². The highest BCUT2D eigenvalue weighted by molar-refractivity contribution is 6.01. The molecule has 3 unspecified atom stereocenters. The van der Waals surface area contributed by atoms with Gasteiger partial charge in [-0.3, -0.25) is 38.6 Å². The molecule has 0 aromatic heterocycles. The van der Waals surface area contributed by atoms with Crippen molar-refractivity contribution < 1.29 is 43.0 Å². The van der Waals surface area contributed by atoms with Gasteiger partial charge >= 0.3 is 5.97 Å². The number of benzene rings is 1. The lowest BCUT2D eigenvalue weighted by atomic mass is 9.96. The molecule has 3 aliphatic rings. The molecular weight excluding hydrogens is 769 g/mol. The Kier molecular flexibility index (Phi) is 16.9. The van der Waals surface area contributed by atoms with Gasteiger partial charge in [-0.25, -0.2) is 4.79 Å². The topological polar surface area (TPSA) is 166 Å². The van der Waals surface area contributed by atoms with Gasteiger partial charge in [-0.1, -0.05) is 85.7 Å². The number of likely N-dealkylation sites (N-methyl/N-ethyl adjacent to an activating group) is 2. The van der Waals surface area contributed by atoms with Crippen LogP contribution in [0.25, 0.3) is 0 Å². The van der Waals surface area contributed by atoms with Crippen molar-refractivity contribution in [3.8, 4) is 0 Å². The number of methoxy groups -OCH3 is 1. The van der Waals surface area contributed by atoms with Crippen molar-refractivity contribution in [2.75, 3.05) is 41.3 Å². The summed E-state index contributed by atoms with van der Waals surface area (Å²) in [6.07, 6.45) is 0.359. The van der Waals surface area contributed by atoms with E-state index in [-0.39, 0.29) is 48.4 Å². The number of hydrogen-bond acceptors (Lipinski definition) is 10. The minimum Gasteiger partial charge on any atom is -0.450 e. The van der Waals surface area contributed by atoms with Crippen molar-refractivity contribution in [1.82, 2.24) is 29.8 Å². The summed E-state index contributed by atoms with van der Waals surface area (Å²) < 4.78 is 11.6. The average Bonchev–Trinajstić information content (AvgIpc) is 3.94. The number of hydrogen-bond donors (Lipinski definition) is 1. The number of carbonyl (C=O) groups is 7. The highest BCUT2D eigenvalue weighted by atomic mass is 16.6. The van der Waals surface area contributed by atoms with Gasteiger partial charge in [0.15, 0.2) is 6.10 Å². The van der Waals surface area contributed by atoms with Crippen molar-refractivity contribution in [2.24, 2.45) is 23.7 Å². The lowest BCUT2D eigenvalue weighted by Gasteiger charge is -2.39. The zero-order valence-electron chi connectivity index (χ0n) is 37.9. The van der Waals surface area contributed by atoms with Crippen LogP contribution in [0.2, 0.25) is 0 Å². The molecule has 0 spiro atoms. The van der Waals surface area contributed by atoms with Crippen LogP contribution in [0, 0.1) is 23.7 Å². The Labute approximate surface area is 356 Å². The molecule has 8 atom stereocenters. The zero-order chi connectivity index (χ0) is 44.7. The van der Waals surface area contributed by atoms with Crippen LogP contribution in [0.4, 0.5) is 0 Å². The van der Waals surface area contributed by atoms with Gasteiger partial charge in [0, 0.05) is 27.2 Å². The zero-order valence-corrected chi connectivity index (χ0v) is 37.9. The van der Waals surface area contributed by atoms with E-state index in [1.807, 2.05) is 90.9 Å². The molecule has 0 radical (unpaired) electrons. The first-order valence-corrected chi connectivity index (χ1v) is 21.7. The molecule has 60 heavy (non-hydrogen) atoms. The number of amides is 6. The fourth-order valence-electron chi connectivity index (χ4n) is 9.24. The van der Waals surface area contributed by atoms with Crippen LogP contribution in [0.3, 0.4) is 0 Å². The van der Waals surface area contributed by atoms with Crippen LogP contribution in [-0.2, 0) is 49.5 Å². The molecule has 3 heterocycles. The average molecular weight is 839 g/mol. The molecule has 1 aromatic carbocycles. The maximum Gasteiger partial charge on any atom is 0.329 e. The summed E-state index contributed by atoms with van der Waals surface area (Å²) in [5.41, 5.74) is 0.927. The number of rotatable bonds is 17. The SMILES string of the molecule is COC1CC(=O)N(C(=O)[C@@H](OC(=O)C2CCCN2C(=O)C2CCCN2C(=O)[C@H](C(C)C)N(C)C(=O)[C@@H](NC(=O)[C@H](C(C)C)N(C)C)C(C)C)C(C)C)[C@H]1Cc1ccccc1. The second-order valence-electron chi connectivity index (χ2n) is 18.3. The van der Waals surface area contributed by atoms with Gasteiger partial charge in [-0.05, 0) is 75.4 Å². The summed E-state index contributed by atoms with van der Waals surface area (Å²) >= 11 is 0. The van der Waals surface area contributed by atoms with E-state index in [0.29, 0.717) is 38.6 Å². The predicted octanol–water partition coefficient (Wildman–Crippen LogP) is 3.13. The van der Waals surface area contributed by atoms with E-state index in [2.05, 4.69) is 5.32 Å². The van der Waals surface area contributed by atoms with Crippen LogP contribution in [-0.4, -0.2) is 156 Å². The molecule has 4 rings (SSSR count). The van der Waals surface area contributed by atoms with E-state index in [4.69, 9.17) is 9.47 Å². The number of nitrogens with zero attached hydrogens (tertiary/aromatic N) is 5. The maximum absolute atomic E-state index is 14.5. The Hall–Kier alpha value is -4.37. The molecule has 3 saturated heterocycles. The van der Waals surface area contributed by atoms with E-state index in [1.54, 1.807) is 20.9 Å². The molecule has 3 fully saturated rings. The summed E-state index contributed by atoms with van der Waals surface area (Å²) in [4.78, 5) is 105. The van der Waals surface area contributed by atoms with Crippen molar-refractivity contribution >= 4 is 41.4 Å². The molecule has 1 N–H and O–H groups in total. The first-order chi connectivity index (χ1) is 28.2. The van der Waals surface area contributed by atoms with Crippen LogP contribution < -0.4 is 5.32 Å². The van der Waals surface area contributed by atoms with Crippen molar-refractivity contribution in [2.45, 2.75) is 142 Å². The van der Waals surface area contributed by atoms with Crippen LogP contribution in [0.15, 0.2) is 30.3 Å². The Morgan fingerprint density at radius 2 is 1.35 bits per heavy atom. The summed E-state index contributed by atoms with van der Waals surface area (Å²) in [5.74, 6) is -4.28. The highest BCUT2D eigenvalue weighted by Crippen LogP contribution is 2.31. The Balaban J connectivity index is 1.50. The van der Waals surface area contributed by atoms with Gasteiger partial charge in [0.25, 0.3) is 5.91 Å². The normalized spacial score (nSPS) is 22.8. The number of carbonyl (C=O) groups excluding carboxylic acids is 7. The summed E-state index contributed by atoms with van der Waals surface area (Å²) in [7, 11) is 6.71. The van der Waals surface area contributed by atoms with E-state index in [0.717, 1.165) is 5.56 Å². The Bertz CT molecular complexity index is 1690. The van der Waals surface area contributed by atoms with Crippen molar-refractivity contribution in [3.63, 3.8) is 0 Å². The molecule has 15 nitrogen and oxygen atoms in total. The number of ether oxygens (including phenoxy) is 2. The third-order valence-electron chi connectivity index (χ3n) is 12.3. The molecule has 15 heteroatoms. The van der Waals surface area contributed by atoms with Gasteiger partial charge in [0.1, 0.15) is 24.2 Å². The molecule has 0 bridgehead atoms. The van der Waals surface area contributed by atoms with Gasteiger partial charge in [-0.2, -0.15) is 0 Å². The van der Waals surface area contributed by atoms with E-state index < -0.39 is 78.1 Å². The third kappa shape index (κ3) is 10.7. The van der Waals surface area contributed by atoms with Crippen molar-refractivity contribution in [3.05, 3.63) is 35.9 Å². The third-order valence-corrected chi connectivity index (χ3v) is 12.3. The second-order valence-corrected chi connectivity index (χ2v) is 18.3. The fraction of sp³-hybridized carbons (Fsp3) is 0.711. The number of likely N-dealkylation sites (tertiary alicyclic amines) is 3. The minimum absolute atomic E-state index is 0.00538. The maximum atomic E-state index is 14.5. The summed E-state index contributed by atoms with van der Waals surface area (Å²) in [6.45, 7) is 15.3. The molecule has 1 aromatic rings. The smallest absolute Gasteiger partial charge is 0.329 e. The standard InChI is InChI=1S/C45H70N6O9/c1-26(2)36(46-40(53)37(27(3)4)47(9)10)42(55)48(11)38(28(5)6)43(56)49-22-16-20-31(49)41(54)50-23-17-21-32(50)45(58)60-39(29(7)8)44(57)51-33(34(59-12)25-35(51)52)24-30-18-14-13-15-19-30/h13-15,18-19,26-29,31-34,36-39H,16-17,20-25H2,1-12H3,(H,46,53)/t31?,32?,33-,34?,36-,37-,38-,39-/m0/s1. The monoisotopic (exact) mass is 839 g/mol. The van der Waals surface area contributed by atoms with Crippen molar-refractivity contribution in [1.29, 1.82) is 0 Å². The lowest BCUT2D eigenvalue weighted by Crippen LogP contribution is -2.61. The molecule has 0 aliphatic carbocycles. The first kappa shape index (κ1) is 48.3. The Morgan fingerprint density at radius 1 is 0.767 bits per heavy atom. The minimum atomic E-state index is -1.28. The van der Waals surface area contributed by atoms with E-state index in [9.17, 15) is 33.6 Å². The van der Waals surface area contributed by atoms with Gasteiger partial charge in [0.2, 0.25) is 29.5 Å². The van der Waals surface area contributed by atoms with Crippen LogP contribution in [0.1, 0.15) is 93.1 Å². The highest BCUT2D eigenvalue weighted by Gasteiger charge is 2.49. The molecule has 6 amide bonds. The predicted molar refractivity (Wildman–Crippen MR) is 226 cm³/mol. The largest absolute Gasteiger partial charge is 0.450 e. The Morgan fingerprint density at radius 3 is 1.88 bits per heavy atom. The molecule has 0 saturated carbocycles. The number of nitrogens with one attached hydrogen (secondary N) is 1. The van der Waals surface area contributed by atoms with Crippen LogP contribution in [0.5, 0.6) is 0 Å². The first-order valence-electron chi connectivity index (χ1n) is 21.7. The van der Waals surface area contributed by atoms with Gasteiger partial charge < -0.3 is 29.5 Å². The number of esters is 1. The molecular formula is C45H70N6O9. The number of imide groups is 1. The van der Waals surface area contributed by atoms with E-state index >= 15 is 0 Å². The summed E-state index contributed by atoms with van der Waals surface area (Å²) in [6, 6.07) is 4.80. The molecule has 334 valence electrons. The molecule has 3 aliphatic heterocycles. The van der Waals surface area contributed by atoms with E-state index in [1.165, 1.54) is 26.7 Å². The second kappa shape index (κ2) is 20.9. The van der Waals surface area contributed by atoms with Crippen LogP contribution >= 0.6 is 0 Å². The quantitative estimate of drug-likeness (QED) is 0.231. The summed E-state index contributed by atoms with van der Waals surface area (Å²) in [5, 5.41) is 2.96.